The van der Waals surface area contributed by atoms with Gasteiger partial charge in [0, 0.05) is 35.3 Å². The average Bonchev–Trinajstić information content (AvgIpc) is 2.46. The first-order valence-electron chi connectivity index (χ1n) is 7.18. The van der Waals surface area contributed by atoms with Gasteiger partial charge in [-0.05, 0) is 41.5 Å². The number of ether oxygens (including phenoxy) is 3. The molecule has 0 spiro atoms. The largest absolute Gasteiger partial charge is 0.501 e. The van der Waals surface area contributed by atoms with Crippen LogP contribution in [0.15, 0.2) is 35.5 Å². The van der Waals surface area contributed by atoms with Crippen molar-refractivity contribution in [2.24, 2.45) is 0 Å². The van der Waals surface area contributed by atoms with Crippen LogP contribution in [-0.4, -0.2) is 38.7 Å². The molecule has 0 aliphatic heterocycles. The van der Waals surface area contributed by atoms with Gasteiger partial charge in [0.25, 0.3) is 0 Å². The van der Waals surface area contributed by atoms with Crippen molar-refractivity contribution in [1.29, 1.82) is 0 Å². The van der Waals surface area contributed by atoms with Gasteiger partial charge in [0.05, 0.1) is 38.6 Å². The Labute approximate surface area is 161 Å². The molecular formula is C18H30FeO6. The van der Waals surface area contributed by atoms with E-state index in [0.717, 1.165) is 0 Å². The summed E-state index contributed by atoms with van der Waals surface area (Å²) in [6, 6.07) is 0. The van der Waals surface area contributed by atoms with Crippen molar-refractivity contribution < 1.29 is 45.7 Å². The summed E-state index contributed by atoms with van der Waals surface area (Å²) in [4.78, 5) is 30.8. The minimum atomic E-state index is 0. The Morgan fingerprint density at radius 2 is 0.680 bits per heavy atom. The molecule has 0 unspecified atom stereocenters. The summed E-state index contributed by atoms with van der Waals surface area (Å²) in [6.45, 7) is 9.68. The first-order valence-corrected chi connectivity index (χ1v) is 7.18. The Bertz CT molecular complexity index is 418. The molecule has 0 aromatic rings. The van der Waals surface area contributed by atoms with Gasteiger partial charge in [-0.15, -0.1) is 0 Å². The summed E-state index contributed by atoms with van der Waals surface area (Å²) < 4.78 is 14.1. The van der Waals surface area contributed by atoms with Crippen LogP contribution in [0.4, 0.5) is 0 Å². The van der Waals surface area contributed by atoms with Gasteiger partial charge in [0.2, 0.25) is 0 Å². The normalized spacial score (nSPS) is 10.7. The topological polar surface area (TPSA) is 78.9 Å². The molecule has 6 nitrogen and oxygen atoms in total. The van der Waals surface area contributed by atoms with Crippen molar-refractivity contribution >= 4 is 17.3 Å². The summed E-state index contributed by atoms with van der Waals surface area (Å²) in [5, 5.41) is 0. The third kappa shape index (κ3) is 34.5. The molecule has 0 N–H and O–H groups in total. The van der Waals surface area contributed by atoms with Gasteiger partial charge < -0.3 is 14.2 Å². The van der Waals surface area contributed by atoms with E-state index in [1.54, 1.807) is 20.8 Å². The molecule has 0 atom stereocenters. The molecule has 0 heterocycles. The van der Waals surface area contributed by atoms with Crippen LogP contribution < -0.4 is 0 Å². The molecule has 7 heteroatoms. The fourth-order valence-electron chi connectivity index (χ4n) is 1.04. The third-order valence-corrected chi connectivity index (χ3v) is 2.19. The van der Waals surface area contributed by atoms with Crippen LogP contribution in [0.25, 0.3) is 0 Å². The van der Waals surface area contributed by atoms with Crippen molar-refractivity contribution in [3.63, 3.8) is 0 Å². The predicted octanol–water partition coefficient (Wildman–Crippen LogP) is 3.37. The predicted molar refractivity (Wildman–Crippen MR) is 94.3 cm³/mol. The molecule has 0 aliphatic carbocycles. The zero-order valence-corrected chi connectivity index (χ0v) is 17.6. The second-order valence-electron chi connectivity index (χ2n) is 4.71. The second kappa shape index (κ2) is 20.2. The molecule has 0 aliphatic rings. The van der Waals surface area contributed by atoms with Crippen LogP contribution >= 0.6 is 0 Å². The number of methoxy groups -OCH3 is 3. The standard InChI is InChI=1S/3C6H10O2.Fe/c3*1-5(7)4-6(2)8-3;/h3*4H,1-3H3;/b3*6-4+;. The maximum atomic E-state index is 10.3. The Morgan fingerprint density at radius 1 is 0.520 bits per heavy atom. The fraction of sp³-hybridized carbons (Fsp3) is 0.500. The second-order valence-corrected chi connectivity index (χ2v) is 4.71. The Kier molecular flexibility index (Phi) is 25.0. The number of allylic oxidation sites excluding steroid dienone is 6. The Morgan fingerprint density at radius 3 is 0.720 bits per heavy atom. The Balaban J connectivity index is -0.000000130. The molecule has 0 radical (unpaired) electrons. The van der Waals surface area contributed by atoms with Gasteiger partial charge in [-0.1, -0.05) is 0 Å². The number of hydrogen-bond donors (Lipinski definition) is 0. The van der Waals surface area contributed by atoms with E-state index in [-0.39, 0.29) is 34.4 Å². The number of ketones is 3. The van der Waals surface area contributed by atoms with Crippen LogP contribution in [0.1, 0.15) is 41.5 Å². The number of carbonyl (C=O) groups is 3. The van der Waals surface area contributed by atoms with E-state index in [1.807, 2.05) is 0 Å². The SMILES string of the molecule is CO/C(C)=C/C(C)=O.CO/C(C)=C/C(C)=O.CO/C(C)=C/C(C)=O.[Fe]. The molecule has 0 rings (SSSR count). The van der Waals surface area contributed by atoms with Crippen LogP contribution in [0, 0.1) is 0 Å². The summed E-state index contributed by atoms with van der Waals surface area (Å²) >= 11 is 0. The van der Waals surface area contributed by atoms with Crippen molar-refractivity contribution in [3.8, 4) is 0 Å². The van der Waals surface area contributed by atoms with E-state index in [0.29, 0.717) is 17.3 Å². The van der Waals surface area contributed by atoms with E-state index < -0.39 is 0 Å². The van der Waals surface area contributed by atoms with E-state index in [2.05, 4.69) is 0 Å². The van der Waals surface area contributed by atoms with Crippen LogP contribution in [0.2, 0.25) is 0 Å². The minimum absolute atomic E-state index is 0. The van der Waals surface area contributed by atoms with E-state index in [4.69, 9.17) is 14.2 Å². The zero-order chi connectivity index (χ0) is 19.7. The molecular weight excluding hydrogens is 368 g/mol. The van der Waals surface area contributed by atoms with Gasteiger partial charge in [-0.3, -0.25) is 14.4 Å². The van der Waals surface area contributed by atoms with Gasteiger partial charge in [0.15, 0.2) is 17.3 Å². The molecule has 0 aromatic heterocycles. The minimum Gasteiger partial charge on any atom is -0.501 e. The van der Waals surface area contributed by atoms with E-state index in [1.165, 1.54) is 60.3 Å². The molecule has 0 aromatic carbocycles. The maximum Gasteiger partial charge on any atom is 0.155 e. The maximum absolute atomic E-state index is 10.3. The fourth-order valence-corrected chi connectivity index (χ4v) is 1.04. The van der Waals surface area contributed by atoms with Gasteiger partial charge in [-0.25, -0.2) is 0 Å². The molecule has 0 saturated carbocycles. The number of rotatable bonds is 6. The van der Waals surface area contributed by atoms with Crippen molar-refractivity contribution in [2.75, 3.05) is 21.3 Å². The van der Waals surface area contributed by atoms with Crippen LogP contribution in [0.5, 0.6) is 0 Å². The number of carbonyl (C=O) groups excluding carboxylic acids is 3. The third-order valence-electron chi connectivity index (χ3n) is 2.19. The monoisotopic (exact) mass is 398 g/mol. The van der Waals surface area contributed by atoms with Crippen molar-refractivity contribution in [3.05, 3.63) is 35.5 Å². The van der Waals surface area contributed by atoms with Crippen LogP contribution in [-0.2, 0) is 45.7 Å². The molecule has 0 fully saturated rings. The Hall–Kier alpha value is -1.85. The molecule has 146 valence electrons. The van der Waals surface area contributed by atoms with Gasteiger partial charge >= 0.3 is 0 Å². The van der Waals surface area contributed by atoms with Crippen molar-refractivity contribution in [2.45, 2.75) is 41.5 Å². The first-order chi connectivity index (χ1) is 11.0. The molecule has 0 amide bonds. The molecule has 25 heavy (non-hydrogen) atoms. The first kappa shape index (κ1) is 31.0. The summed E-state index contributed by atoms with van der Waals surface area (Å²) in [7, 11) is 4.61. The van der Waals surface area contributed by atoms with Crippen LogP contribution in [0.3, 0.4) is 0 Å². The summed E-state index contributed by atoms with van der Waals surface area (Å²) in [5.74, 6) is 2.01. The molecule has 0 saturated heterocycles. The molecule has 0 bridgehead atoms. The quantitative estimate of drug-likeness (QED) is 0.388. The number of hydrogen-bond acceptors (Lipinski definition) is 6. The average molecular weight is 398 g/mol. The van der Waals surface area contributed by atoms with Crippen molar-refractivity contribution in [1.82, 2.24) is 0 Å². The van der Waals surface area contributed by atoms with Gasteiger partial charge in [-0.2, -0.15) is 0 Å². The van der Waals surface area contributed by atoms with Gasteiger partial charge in [0.1, 0.15) is 0 Å². The zero-order valence-electron chi connectivity index (χ0n) is 16.5. The summed E-state index contributed by atoms with van der Waals surface area (Å²) in [5.41, 5.74) is 0. The van der Waals surface area contributed by atoms with E-state index in [9.17, 15) is 14.4 Å². The van der Waals surface area contributed by atoms with E-state index >= 15 is 0 Å². The summed E-state index contributed by atoms with van der Waals surface area (Å²) in [6.07, 6.45) is 4.33. The smallest absolute Gasteiger partial charge is 0.155 e.